The SMILES string of the molecule is N[C@@H](Cc1ccc(OCCOCCO)cc1)C(=O)O. The number of carboxylic acid groups (broad SMARTS) is 1. The number of rotatable bonds is 9. The maximum atomic E-state index is 10.6. The molecule has 0 saturated heterocycles. The van der Waals surface area contributed by atoms with Gasteiger partial charge in [0.1, 0.15) is 18.4 Å². The summed E-state index contributed by atoms with van der Waals surface area (Å²) in [5.41, 5.74) is 6.29. The maximum absolute atomic E-state index is 10.6. The number of aliphatic carboxylic acids is 1. The summed E-state index contributed by atoms with van der Waals surface area (Å²) < 4.78 is 10.5. The first-order chi connectivity index (χ1) is 9.13. The highest BCUT2D eigenvalue weighted by atomic mass is 16.5. The van der Waals surface area contributed by atoms with Crippen molar-refractivity contribution in [2.75, 3.05) is 26.4 Å². The van der Waals surface area contributed by atoms with E-state index in [9.17, 15) is 4.79 Å². The molecule has 0 aliphatic carbocycles. The van der Waals surface area contributed by atoms with Gasteiger partial charge in [0, 0.05) is 0 Å². The number of carbonyl (C=O) groups is 1. The molecule has 0 amide bonds. The van der Waals surface area contributed by atoms with Crippen molar-refractivity contribution in [2.24, 2.45) is 5.73 Å². The van der Waals surface area contributed by atoms with Gasteiger partial charge in [-0.3, -0.25) is 4.79 Å². The molecule has 0 saturated carbocycles. The highest BCUT2D eigenvalue weighted by Crippen LogP contribution is 2.13. The normalized spacial score (nSPS) is 12.1. The number of benzene rings is 1. The third-order valence-corrected chi connectivity index (χ3v) is 2.43. The molecule has 0 aromatic heterocycles. The van der Waals surface area contributed by atoms with Crippen molar-refractivity contribution in [3.8, 4) is 5.75 Å². The lowest BCUT2D eigenvalue weighted by atomic mass is 10.1. The quantitative estimate of drug-likeness (QED) is 0.547. The molecule has 6 nitrogen and oxygen atoms in total. The number of carboxylic acids is 1. The first-order valence-electron chi connectivity index (χ1n) is 6.02. The lowest BCUT2D eigenvalue weighted by Crippen LogP contribution is -2.32. The van der Waals surface area contributed by atoms with E-state index in [1.807, 2.05) is 0 Å². The molecule has 4 N–H and O–H groups in total. The molecular weight excluding hydrogens is 250 g/mol. The number of hydrogen-bond acceptors (Lipinski definition) is 5. The fourth-order valence-electron chi connectivity index (χ4n) is 1.45. The van der Waals surface area contributed by atoms with Gasteiger partial charge in [-0.25, -0.2) is 0 Å². The largest absolute Gasteiger partial charge is 0.491 e. The Morgan fingerprint density at radius 2 is 1.89 bits per heavy atom. The van der Waals surface area contributed by atoms with Crippen molar-refractivity contribution in [3.63, 3.8) is 0 Å². The molecule has 0 unspecified atom stereocenters. The Kier molecular flexibility index (Phi) is 6.88. The van der Waals surface area contributed by atoms with Gasteiger partial charge in [0.05, 0.1) is 19.8 Å². The fourth-order valence-corrected chi connectivity index (χ4v) is 1.45. The molecule has 19 heavy (non-hydrogen) atoms. The molecule has 6 heteroatoms. The second-order valence-corrected chi connectivity index (χ2v) is 3.98. The first kappa shape index (κ1) is 15.4. The van der Waals surface area contributed by atoms with Gasteiger partial charge in [-0.05, 0) is 24.1 Å². The zero-order valence-electron chi connectivity index (χ0n) is 10.6. The molecule has 0 radical (unpaired) electrons. The lowest BCUT2D eigenvalue weighted by Gasteiger charge is -2.09. The van der Waals surface area contributed by atoms with Crippen molar-refractivity contribution < 1.29 is 24.5 Å². The predicted octanol–water partition coefficient (Wildman–Crippen LogP) is 0.0287. The van der Waals surface area contributed by atoms with Gasteiger partial charge in [-0.15, -0.1) is 0 Å². The van der Waals surface area contributed by atoms with Crippen LogP contribution in [0.5, 0.6) is 5.75 Å². The number of aliphatic hydroxyl groups excluding tert-OH is 1. The van der Waals surface area contributed by atoms with Crippen LogP contribution in [0.2, 0.25) is 0 Å². The fraction of sp³-hybridized carbons (Fsp3) is 0.462. The van der Waals surface area contributed by atoms with Crippen LogP contribution in [-0.4, -0.2) is 48.7 Å². The maximum Gasteiger partial charge on any atom is 0.320 e. The highest BCUT2D eigenvalue weighted by molar-refractivity contribution is 5.73. The van der Waals surface area contributed by atoms with E-state index in [1.54, 1.807) is 24.3 Å². The zero-order valence-corrected chi connectivity index (χ0v) is 10.6. The summed E-state index contributed by atoms with van der Waals surface area (Å²) in [6, 6.07) is 6.20. The Morgan fingerprint density at radius 3 is 2.47 bits per heavy atom. The van der Waals surface area contributed by atoms with Crippen LogP contribution >= 0.6 is 0 Å². The summed E-state index contributed by atoms with van der Waals surface area (Å²) in [7, 11) is 0. The molecule has 0 heterocycles. The molecule has 0 fully saturated rings. The Balaban J connectivity index is 2.33. The molecule has 106 valence electrons. The van der Waals surface area contributed by atoms with Crippen LogP contribution in [0.3, 0.4) is 0 Å². The van der Waals surface area contributed by atoms with Gasteiger partial charge in [-0.2, -0.15) is 0 Å². The van der Waals surface area contributed by atoms with E-state index in [1.165, 1.54) is 0 Å². The molecule has 0 spiro atoms. The van der Waals surface area contributed by atoms with Gasteiger partial charge < -0.3 is 25.4 Å². The van der Waals surface area contributed by atoms with Crippen LogP contribution in [0.1, 0.15) is 5.56 Å². The molecule has 1 aromatic rings. The van der Waals surface area contributed by atoms with Crippen LogP contribution in [0.15, 0.2) is 24.3 Å². The molecular formula is C13H19NO5. The highest BCUT2D eigenvalue weighted by Gasteiger charge is 2.11. The van der Waals surface area contributed by atoms with E-state index in [0.29, 0.717) is 25.6 Å². The summed E-state index contributed by atoms with van der Waals surface area (Å²) in [6.45, 7) is 1.11. The van der Waals surface area contributed by atoms with Gasteiger partial charge in [0.2, 0.25) is 0 Å². The van der Waals surface area contributed by atoms with E-state index in [4.69, 9.17) is 25.4 Å². The molecule has 0 aliphatic heterocycles. The smallest absolute Gasteiger partial charge is 0.320 e. The molecule has 1 rings (SSSR count). The van der Waals surface area contributed by atoms with E-state index >= 15 is 0 Å². The molecule has 1 atom stereocenters. The summed E-state index contributed by atoms with van der Waals surface area (Å²) in [5, 5.41) is 17.2. The van der Waals surface area contributed by atoms with Crippen molar-refractivity contribution >= 4 is 5.97 Å². The Hall–Kier alpha value is -1.63. The third-order valence-electron chi connectivity index (χ3n) is 2.43. The number of aliphatic hydroxyl groups is 1. The second-order valence-electron chi connectivity index (χ2n) is 3.98. The number of nitrogens with two attached hydrogens (primary N) is 1. The van der Waals surface area contributed by atoms with Crippen LogP contribution in [0.4, 0.5) is 0 Å². The summed E-state index contributed by atoms with van der Waals surface area (Å²) in [6.07, 6.45) is 0.287. The Labute approximate surface area is 111 Å². The van der Waals surface area contributed by atoms with E-state index < -0.39 is 12.0 Å². The van der Waals surface area contributed by atoms with Gasteiger partial charge in [-0.1, -0.05) is 12.1 Å². The predicted molar refractivity (Wildman–Crippen MR) is 69.2 cm³/mol. The minimum absolute atomic E-state index is 0.00146. The average molecular weight is 269 g/mol. The van der Waals surface area contributed by atoms with E-state index in [2.05, 4.69) is 0 Å². The lowest BCUT2D eigenvalue weighted by molar-refractivity contribution is -0.138. The van der Waals surface area contributed by atoms with Crippen LogP contribution in [0, 0.1) is 0 Å². The average Bonchev–Trinajstić information content (AvgIpc) is 2.40. The molecule has 0 bridgehead atoms. The second kappa shape index (κ2) is 8.47. The van der Waals surface area contributed by atoms with Gasteiger partial charge >= 0.3 is 5.97 Å². The summed E-state index contributed by atoms with van der Waals surface area (Å²) in [4.78, 5) is 10.6. The zero-order chi connectivity index (χ0) is 14.1. The minimum atomic E-state index is -1.01. The third kappa shape index (κ3) is 6.19. The first-order valence-corrected chi connectivity index (χ1v) is 6.02. The molecule has 1 aromatic carbocycles. The molecule has 0 aliphatic rings. The topological polar surface area (TPSA) is 102 Å². The monoisotopic (exact) mass is 269 g/mol. The standard InChI is InChI=1S/C13H19NO5/c14-12(13(16)17)9-10-1-3-11(4-2-10)19-8-7-18-6-5-15/h1-4,12,15H,5-9,14H2,(H,16,17)/t12-/m0/s1. The van der Waals surface area contributed by atoms with E-state index in [0.717, 1.165) is 5.56 Å². The van der Waals surface area contributed by atoms with Crippen molar-refractivity contribution in [1.82, 2.24) is 0 Å². The Bertz CT molecular complexity index is 379. The Morgan fingerprint density at radius 1 is 1.21 bits per heavy atom. The number of hydrogen-bond donors (Lipinski definition) is 3. The van der Waals surface area contributed by atoms with Crippen molar-refractivity contribution in [2.45, 2.75) is 12.5 Å². The van der Waals surface area contributed by atoms with Crippen LogP contribution in [-0.2, 0) is 16.0 Å². The summed E-state index contributed by atoms with van der Waals surface area (Å²) in [5.74, 6) is -0.332. The van der Waals surface area contributed by atoms with E-state index in [-0.39, 0.29) is 13.0 Å². The van der Waals surface area contributed by atoms with Crippen LogP contribution in [0.25, 0.3) is 0 Å². The van der Waals surface area contributed by atoms with Gasteiger partial charge in [0.25, 0.3) is 0 Å². The van der Waals surface area contributed by atoms with Crippen LogP contribution < -0.4 is 10.5 Å². The minimum Gasteiger partial charge on any atom is -0.491 e. The van der Waals surface area contributed by atoms with Gasteiger partial charge in [0.15, 0.2) is 0 Å². The summed E-state index contributed by atoms with van der Waals surface area (Å²) >= 11 is 0. The number of ether oxygens (including phenoxy) is 2. The van der Waals surface area contributed by atoms with Crippen molar-refractivity contribution in [3.05, 3.63) is 29.8 Å². The van der Waals surface area contributed by atoms with Crippen molar-refractivity contribution in [1.29, 1.82) is 0 Å².